The van der Waals surface area contributed by atoms with Gasteiger partial charge in [-0.05, 0) is 19.0 Å². The maximum Gasteiger partial charge on any atom is 0.0443 e. The number of hydrogen-bond donors (Lipinski definition) is 1. The molecule has 4 heteroatoms. The van der Waals surface area contributed by atoms with Gasteiger partial charge in [0.1, 0.15) is 0 Å². The normalized spacial score (nSPS) is 17.4. The molecule has 0 amide bonds. The van der Waals surface area contributed by atoms with Gasteiger partial charge in [-0.1, -0.05) is 6.92 Å². The monoisotopic (exact) mass is 234 g/mol. The molecule has 4 nitrogen and oxygen atoms in total. The highest BCUT2D eigenvalue weighted by Gasteiger charge is 2.17. The summed E-state index contributed by atoms with van der Waals surface area (Å²) in [5, 5.41) is 0. The Morgan fingerprint density at radius 3 is 2.71 bits per heavy atom. The Morgan fingerprint density at radius 2 is 2.06 bits per heavy atom. The Labute approximate surface area is 103 Å². The minimum atomic E-state index is 0.568. The number of pyridine rings is 1. The van der Waals surface area contributed by atoms with Gasteiger partial charge in [-0.3, -0.25) is 9.88 Å². The Bertz CT molecular complexity index is 345. The molecule has 1 aromatic heterocycles. The van der Waals surface area contributed by atoms with E-state index < -0.39 is 0 Å². The molecule has 94 valence electrons. The van der Waals surface area contributed by atoms with Gasteiger partial charge in [0.05, 0.1) is 0 Å². The molecule has 1 aliphatic rings. The van der Waals surface area contributed by atoms with Crippen molar-refractivity contribution >= 4 is 5.69 Å². The maximum atomic E-state index is 5.76. The molecule has 0 bridgehead atoms. The van der Waals surface area contributed by atoms with Crippen molar-refractivity contribution in [1.29, 1.82) is 0 Å². The quantitative estimate of drug-likeness (QED) is 0.846. The second-order valence-electron chi connectivity index (χ2n) is 4.54. The molecule has 0 saturated carbocycles. The number of piperazine rings is 1. The summed E-state index contributed by atoms with van der Waals surface area (Å²) in [6.07, 6.45) is 4.98. The molecule has 2 N–H and O–H groups in total. The molecule has 2 rings (SSSR count). The predicted molar refractivity (Wildman–Crippen MR) is 71.1 cm³/mol. The van der Waals surface area contributed by atoms with E-state index in [4.69, 9.17) is 5.73 Å². The topological polar surface area (TPSA) is 45.4 Å². The summed E-state index contributed by atoms with van der Waals surface area (Å²) in [4.78, 5) is 9.09. The molecular weight excluding hydrogens is 212 g/mol. The van der Waals surface area contributed by atoms with Crippen LogP contribution in [0.4, 0.5) is 5.69 Å². The van der Waals surface area contributed by atoms with E-state index in [1.807, 2.05) is 12.4 Å². The fraction of sp³-hybridized carbons (Fsp3) is 0.615. The molecule has 0 atom stereocenters. The second kappa shape index (κ2) is 5.98. The first-order chi connectivity index (χ1) is 8.35. The number of nitrogens with zero attached hydrogens (tertiary/aromatic N) is 3. The molecule has 0 aliphatic carbocycles. The largest absolute Gasteiger partial charge is 0.369 e. The third-order valence-electron chi connectivity index (χ3n) is 3.35. The summed E-state index contributed by atoms with van der Waals surface area (Å²) >= 11 is 0. The highest BCUT2D eigenvalue weighted by atomic mass is 15.3. The van der Waals surface area contributed by atoms with Gasteiger partial charge in [0.2, 0.25) is 0 Å². The molecule has 1 aromatic rings. The minimum absolute atomic E-state index is 0.568. The van der Waals surface area contributed by atoms with Crippen LogP contribution in [-0.4, -0.2) is 42.6 Å². The van der Waals surface area contributed by atoms with Crippen LogP contribution in [0.25, 0.3) is 0 Å². The van der Waals surface area contributed by atoms with Crippen LogP contribution in [0.3, 0.4) is 0 Å². The van der Waals surface area contributed by atoms with Crippen molar-refractivity contribution in [2.24, 2.45) is 5.73 Å². The van der Waals surface area contributed by atoms with Crippen LogP contribution in [0.2, 0.25) is 0 Å². The number of rotatable bonds is 4. The number of nitrogens with two attached hydrogens (primary N) is 1. The molecule has 0 spiro atoms. The SMILES string of the molecule is CCCN1CCN(c2ccncc2CN)CC1. The molecule has 1 fully saturated rings. The molecule has 1 saturated heterocycles. The summed E-state index contributed by atoms with van der Waals surface area (Å²) in [5.74, 6) is 0. The van der Waals surface area contributed by atoms with E-state index in [0.717, 1.165) is 31.7 Å². The average molecular weight is 234 g/mol. The second-order valence-corrected chi connectivity index (χ2v) is 4.54. The highest BCUT2D eigenvalue weighted by Crippen LogP contribution is 2.20. The van der Waals surface area contributed by atoms with Crippen LogP contribution in [-0.2, 0) is 6.54 Å². The summed E-state index contributed by atoms with van der Waals surface area (Å²) < 4.78 is 0. The van der Waals surface area contributed by atoms with E-state index in [1.54, 1.807) is 0 Å². The summed E-state index contributed by atoms with van der Waals surface area (Å²) in [5.41, 5.74) is 8.17. The molecule has 1 aliphatic heterocycles. The highest BCUT2D eigenvalue weighted by molar-refractivity contribution is 5.52. The molecule has 17 heavy (non-hydrogen) atoms. The molecule has 0 unspecified atom stereocenters. The summed E-state index contributed by atoms with van der Waals surface area (Å²) in [7, 11) is 0. The van der Waals surface area contributed by atoms with Gasteiger partial charge in [0.25, 0.3) is 0 Å². The number of aromatic nitrogens is 1. The first-order valence-electron chi connectivity index (χ1n) is 6.45. The lowest BCUT2D eigenvalue weighted by Crippen LogP contribution is -2.46. The van der Waals surface area contributed by atoms with Crippen LogP contribution in [0.1, 0.15) is 18.9 Å². The fourth-order valence-electron chi connectivity index (χ4n) is 2.41. The van der Waals surface area contributed by atoms with E-state index in [1.165, 1.54) is 18.7 Å². The van der Waals surface area contributed by atoms with Crippen LogP contribution < -0.4 is 10.6 Å². The van der Waals surface area contributed by atoms with Gasteiger partial charge in [-0.2, -0.15) is 0 Å². The Morgan fingerprint density at radius 1 is 1.29 bits per heavy atom. The van der Waals surface area contributed by atoms with Gasteiger partial charge in [-0.15, -0.1) is 0 Å². The summed E-state index contributed by atoms with van der Waals surface area (Å²) in [6, 6.07) is 2.08. The van der Waals surface area contributed by atoms with Crippen molar-refractivity contribution in [3.8, 4) is 0 Å². The van der Waals surface area contributed by atoms with Crippen molar-refractivity contribution in [2.45, 2.75) is 19.9 Å². The fourth-order valence-corrected chi connectivity index (χ4v) is 2.41. The Balaban J connectivity index is 2.00. The third-order valence-corrected chi connectivity index (χ3v) is 3.35. The Hall–Kier alpha value is -1.13. The van der Waals surface area contributed by atoms with Gasteiger partial charge < -0.3 is 10.6 Å². The zero-order chi connectivity index (χ0) is 12.1. The predicted octanol–water partition coefficient (Wildman–Crippen LogP) is 1.07. The van der Waals surface area contributed by atoms with Crippen LogP contribution in [0.5, 0.6) is 0 Å². The summed E-state index contributed by atoms with van der Waals surface area (Å²) in [6.45, 7) is 8.52. The van der Waals surface area contributed by atoms with Crippen molar-refractivity contribution in [3.05, 3.63) is 24.0 Å². The standard InChI is InChI=1S/C13H22N4/c1-2-5-16-6-8-17(9-7-16)13-3-4-15-11-12(13)10-14/h3-4,11H,2,5-10,14H2,1H3. The minimum Gasteiger partial charge on any atom is -0.369 e. The third kappa shape index (κ3) is 2.96. The molecular formula is C13H22N4. The molecule has 0 radical (unpaired) electrons. The lowest BCUT2D eigenvalue weighted by Gasteiger charge is -2.36. The van der Waals surface area contributed by atoms with Crippen LogP contribution in [0.15, 0.2) is 18.5 Å². The van der Waals surface area contributed by atoms with Crippen LogP contribution in [0, 0.1) is 0 Å². The van der Waals surface area contributed by atoms with E-state index >= 15 is 0 Å². The van der Waals surface area contributed by atoms with Crippen molar-refractivity contribution in [3.63, 3.8) is 0 Å². The molecule has 2 heterocycles. The van der Waals surface area contributed by atoms with E-state index in [-0.39, 0.29) is 0 Å². The van der Waals surface area contributed by atoms with E-state index in [0.29, 0.717) is 6.54 Å². The Kier molecular flexibility index (Phi) is 4.34. The lowest BCUT2D eigenvalue weighted by molar-refractivity contribution is 0.258. The number of anilines is 1. The van der Waals surface area contributed by atoms with Gasteiger partial charge in [-0.25, -0.2) is 0 Å². The van der Waals surface area contributed by atoms with Gasteiger partial charge >= 0.3 is 0 Å². The van der Waals surface area contributed by atoms with Crippen molar-refractivity contribution < 1.29 is 0 Å². The smallest absolute Gasteiger partial charge is 0.0443 e. The van der Waals surface area contributed by atoms with Crippen molar-refractivity contribution in [2.75, 3.05) is 37.6 Å². The molecule has 0 aromatic carbocycles. The number of hydrogen-bond acceptors (Lipinski definition) is 4. The van der Waals surface area contributed by atoms with Crippen LogP contribution >= 0.6 is 0 Å². The van der Waals surface area contributed by atoms with E-state index in [2.05, 4.69) is 27.8 Å². The maximum absolute atomic E-state index is 5.76. The van der Waals surface area contributed by atoms with Gasteiger partial charge in [0, 0.05) is 56.4 Å². The zero-order valence-electron chi connectivity index (χ0n) is 10.6. The zero-order valence-corrected chi connectivity index (χ0v) is 10.6. The first kappa shape index (κ1) is 12.3. The van der Waals surface area contributed by atoms with Gasteiger partial charge in [0.15, 0.2) is 0 Å². The average Bonchev–Trinajstić information content (AvgIpc) is 2.40. The van der Waals surface area contributed by atoms with E-state index in [9.17, 15) is 0 Å². The first-order valence-corrected chi connectivity index (χ1v) is 6.45. The van der Waals surface area contributed by atoms with Crippen molar-refractivity contribution in [1.82, 2.24) is 9.88 Å². The lowest BCUT2D eigenvalue weighted by atomic mass is 10.2.